The third-order valence-electron chi connectivity index (χ3n) is 1.49. The van der Waals surface area contributed by atoms with Gasteiger partial charge in [0.15, 0.2) is 0 Å². The SMILES string of the molecule is C=C/C=C(\CCC)CNC(C)=O.CC. The topological polar surface area (TPSA) is 29.1 Å². The molecular weight excluding hydrogens is 174 g/mol. The van der Waals surface area contributed by atoms with E-state index in [-0.39, 0.29) is 5.91 Å². The second-order valence-corrected chi connectivity index (χ2v) is 2.72. The molecule has 0 rings (SSSR count). The van der Waals surface area contributed by atoms with Crippen LogP contribution in [0.15, 0.2) is 24.3 Å². The smallest absolute Gasteiger partial charge is 0.217 e. The van der Waals surface area contributed by atoms with Crippen LogP contribution in [0.25, 0.3) is 0 Å². The molecule has 0 aromatic heterocycles. The summed E-state index contributed by atoms with van der Waals surface area (Å²) >= 11 is 0. The highest BCUT2D eigenvalue weighted by atomic mass is 16.1. The summed E-state index contributed by atoms with van der Waals surface area (Å²) in [6.07, 6.45) is 5.83. The van der Waals surface area contributed by atoms with E-state index < -0.39 is 0 Å². The molecule has 0 unspecified atom stereocenters. The van der Waals surface area contributed by atoms with Crippen molar-refractivity contribution in [2.24, 2.45) is 0 Å². The quantitative estimate of drug-likeness (QED) is 0.674. The lowest BCUT2D eigenvalue weighted by atomic mass is 10.1. The van der Waals surface area contributed by atoms with Gasteiger partial charge >= 0.3 is 0 Å². The third kappa shape index (κ3) is 11.0. The van der Waals surface area contributed by atoms with E-state index in [1.165, 1.54) is 12.5 Å². The zero-order valence-electron chi connectivity index (χ0n) is 9.89. The van der Waals surface area contributed by atoms with Crippen LogP contribution < -0.4 is 5.32 Å². The average molecular weight is 197 g/mol. The lowest BCUT2D eigenvalue weighted by molar-refractivity contribution is -0.118. The molecule has 14 heavy (non-hydrogen) atoms. The van der Waals surface area contributed by atoms with Crippen molar-refractivity contribution in [1.82, 2.24) is 5.32 Å². The molecule has 0 aliphatic rings. The maximum atomic E-state index is 10.6. The summed E-state index contributed by atoms with van der Waals surface area (Å²) in [5.41, 5.74) is 1.22. The highest BCUT2D eigenvalue weighted by molar-refractivity contribution is 5.73. The monoisotopic (exact) mass is 197 g/mol. The molecule has 1 N–H and O–H groups in total. The molecular formula is C12H23NO. The zero-order valence-corrected chi connectivity index (χ0v) is 9.89. The van der Waals surface area contributed by atoms with Gasteiger partial charge in [-0.15, -0.1) is 0 Å². The molecule has 82 valence electrons. The van der Waals surface area contributed by atoms with Gasteiger partial charge in [0.05, 0.1) is 0 Å². The first kappa shape index (κ1) is 15.4. The summed E-state index contributed by atoms with van der Waals surface area (Å²) in [7, 11) is 0. The largest absolute Gasteiger partial charge is 0.353 e. The number of amides is 1. The predicted octanol–water partition coefficient (Wildman–Crippen LogP) is 3.06. The molecule has 0 spiro atoms. The van der Waals surface area contributed by atoms with Gasteiger partial charge in [0.1, 0.15) is 0 Å². The molecule has 2 heteroatoms. The Morgan fingerprint density at radius 2 is 2.00 bits per heavy atom. The Kier molecular flexibility index (Phi) is 13.2. The second-order valence-electron chi connectivity index (χ2n) is 2.72. The van der Waals surface area contributed by atoms with Gasteiger partial charge in [-0.3, -0.25) is 4.79 Å². The van der Waals surface area contributed by atoms with Crippen LogP contribution in [0.2, 0.25) is 0 Å². The number of allylic oxidation sites excluding steroid dienone is 2. The van der Waals surface area contributed by atoms with Crippen molar-refractivity contribution in [3.63, 3.8) is 0 Å². The molecule has 0 aliphatic carbocycles. The maximum absolute atomic E-state index is 10.6. The summed E-state index contributed by atoms with van der Waals surface area (Å²) < 4.78 is 0. The van der Waals surface area contributed by atoms with Crippen LogP contribution >= 0.6 is 0 Å². The lowest BCUT2D eigenvalue weighted by Gasteiger charge is -2.05. The van der Waals surface area contributed by atoms with Crippen molar-refractivity contribution in [2.75, 3.05) is 6.54 Å². The Bertz CT molecular complexity index is 183. The van der Waals surface area contributed by atoms with Crippen molar-refractivity contribution in [1.29, 1.82) is 0 Å². The Labute approximate surface area is 88.1 Å². The average Bonchev–Trinajstić information content (AvgIpc) is 2.18. The normalized spacial score (nSPS) is 9.86. The number of nitrogens with one attached hydrogen (secondary N) is 1. The number of carbonyl (C=O) groups is 1. The molecule has 0 aliphatic heterocycles. The van der Waals surface area contributed by atoms with Crippen LogP contribution in [0, 0.1) is 0 Å². The van der Waals surface area contributed by atoms with Crippen molar-refractivity contribution in [3.05, 3.63) is 24.3 Å². The van der Waals surface area contributed by atoms with Gasteiger partial charge in [-0.1, -0.05) is 51.5 Å². The first-order valence-corrected chi connectivity index (χ1v) is 5.25. The van der Waals surface area contributed by atoms with Gasteiger partial charge in [-0.25, -0.2) is 0 Å². The summed E-state index contributed by atoms with van der Waals surface area (Å²) in [5.74, 6) is 0.0149. The molecule has 0 saturated carbocycles. The molecule has 0 aromatic rings. The van der Waals surface area contributed by atoms with Gasteiger partial charge in [-0.05, 0) is 6.42 Å². The number of rotatable bonds is 5. The van der Waals surface area contributed by atoms with Crippen molar-refractivity contribution >= 4 is 5.91 Å². The van der Waals surface area contributed by atoms with Crippen LogP contribution in [0.5, 0.6) is 0 Å². The minimum Gasteiger partial charge on any atom is -0.353 e. The molecule has 0 heterocycles. The summed E-state index contributed by atoms with van der Waals surface area (Å²) in [6.45, 7) is 11.9. The number of hydrogen-bond acceptors (Lipinski definition) is 1. The third-order valence-corrected chi connectivity index (χ3v) is 1.49. The van der Waals surface area contributed by atoms with E-state index in [2.05, 4.69) is 18.8 Å². The van der Waals surface area contributed by atoms with E-state index in [0.717, 1.165) is 12.8 Å². The Morgan fingerprint density at radius 1 is 1.43 bits per heavy atom. The summed E-state index contributed by atoms with van der Waals surface area (Å²) in [4.78, 5) is 10.6. The molecule has 0 radical (unpaired) electrons. The molecule has 0 aromatic carbocycles. The van der Waals surface area contributed by atoms with Gasteiger partial charge in [0.25, 0.3) is 0 Å². The standard InChI is InChI=1S/C10H17NO.C2H6/c1-4-6-10(7-5-2)8-11-9(3)12;1-2/h4,6H,1,5,7-8H2,2-3H3,(H,11,12);1-2H3/b10-6+;. The van der Waals surface area contributed by atoms with E-state index in [1.807, 2.05) is 19.9 Å². The molecule has 0 bridgehead atoms. The van der Waals surface area contributed by atoms with Gasteiger partial charge in [0.2, 0.25) is 5.91 Å². The molecule has 1 amide bonds. The fourth-order valence-corrected chi connectivity index (χ4v) is 0.956. The summed E-state index contributed by atoms with van der Waals surface area (Å²) in [5, 5.41) is 2.76. The van der Waals surface area contributed by atoms with Crippen molar-refractivity contribution in [3.8, 4) is 0 Å². The second kappa shape index (κ2) is 11.9. The minimum absolute atomic E-state index is 0.0149. The molecule has 0 fully saturated rings. The van der Waals surface area contributed by atoms with Crippen LogP contribution in [0.1, 0.15) is 40.5 Å². The van der Waals surface area contributed by atoms with E-state index in [1.54, 1.807) is 6.08 Å². The molecule has 0 atom stereocenters. The Balaban J connectivity index is 0. The Morgan fingerprint density at radius 3 is 2.36 bits per heavy atom. The van der Waals surface area contributed by atoms with Crippen LogP contribution in [0.3, 0.4) is 0 Å². The number of hydrogen-bond donors (Lipinski definition) is 1. The lowest BCUT2D eigenvalue weighted by Crippen LogP contribution is -2.22. The summed E-state index contributed by atoms with van der Waals surface area (Å²) in [6, 6.07) is 0. The van der Waals surface area contributed by atoms with Crippen molar-refractivity contribution < 1.29 is 4.79 Å². The van der Waals surface area contributed by atoms with Crippen LogP contribution in [0.4, 0.5) is 0 Å². The van der Waals surface area contributed by atoms with Gasteiger partial charge in [0, 0.05) is 13.5 Å². The van der Waals surface area contributed by atoms with Crippen LogP contribution in [-0.2, 0) is 4.79 Å². The van der Waals surface area contributed by atoms with Crippen molar-refractivity contribution in [2.45, 2.75) is 40.5 Å². The van der Waals surface area contributed by atoms with Crippen LogP contribution in [-0.4, -0.2) is 12.5 Å². The van der Waals surface area contributed by atoms with E-state index in [4.69, 9.17) is 0 Å². The predicted molar refractivity (Wildman–Crippen MR) is 63.2 cm³/mol. The van der Waals surface area contributed by atoms with E-state index >= 15 is 0 Å². The van der Waals surface area contributed by atoms with Gasteiger partial charge < -0.3 is 5.32 Å². The highest BCUT2D eigenvalue weighted by Crippen LogP contribution is 2.02. The number of carbonyl (C=O) groups excluding carboxylic acids is 1. The first-order valence-electron chi connectivity index (χ1n) is 5.25. The first-order chi connectivity index (χ1) is 6.70. The Hall–Kier alpha value is -1.05. The minimum atomic E-state index is 0.0149. The van der Waals surface area contributed by atoms with E-state index in [0.29, 0.717) is 6.54 Å². The highest BCUT2D eigenvalue weighted by Gasteiger charge is 1.95. The maximum Gasteiger partial charge on any atom is 0.217 e. The molecule has 2 nitrogen and oxygen atoms in total. The van der Waals surface area contributed by atoms with E-state index in [9.17, 15) is 4.79 Å². The van der Waals surface area contributed by atoms with Gasteiger partial charge in [-0.2, -0.15) is 0 Å². The zero-order chi connectivity index (χ0) is 11.4. The fraction of sp³-hybridized carbons (Fsp3) is 0.583. The fourth-order valence-electron chi connectivity index (χ4n) is 0.956. The molecule has 0 saturated heterocycles.